The molecule has 3 aromatic rings. The maximum absolute atomic E-state index is 13.6. The normalized spacial score (nSPS) is 19.2. The Bertz CT molecular complexity index is 2650. The van der Waals surface area contributed by atoms with Crippen LogP contribution in [0, 0.1) is 11.8 Å². The third-order valence-corrected chi connectivity index (χ3v) is 12.8. The quantitative estimate of drug-likeness (QED) is 0.0146. The number of aromatic nitrogens is 3. The van der Waals surface area contributed by atoms with E-state index in [1.165, 1.54) is 35.2 Å². The van der Waals surface area contributed by atoms with E-state index >= 15 is 0 Å². The van der Waals surface area contributed by atoms with Crippen LogP contribution in [-0.4, -0.2) is 116 Å². The van der Waals surface area contributed by atoms with Gasteiger partial charge >= 0.3 is 35.4 Å². The second kappa shape index (κ2) is 24.9. The van der Waals surface area contributed by atoms with E-state index in [0.717, 1.165) is 0 Å². The lowest BCUT2D eigenvalue weighted by molar-refractivity contribution is -0.137. The number of benzene rings is 1. The molecule has 2 aromatic heterocycles. The number of phosphoric acid groups is 3. The SMILES string of the molecule is C=C/C(=C(\C=C/NC(=O)COCCOCCN)C(=O)OCC#Cc1cn([C@H]2C[C@@H](OC(=O)c3ccccc3C(C)N)C(COP(=O)(O)OP(=O)(O)OP(=O)(O)O)O2)c2nc(N)[nH]c(=O)c12)C(C)N. The first-order valence-corrected chi connectivity index (χ1v) is 24.5. The molecule has 7 atom stereocenters. The number of nitrogens with two attached hydrogens (primary N) is 4. The van der Waals surface area contributed by atoms with Gasteiger partial charge in [-0.3, -0.25) is 19.1 Å². The molecule has 372 valence electrons. The fourth-order valence-corrected chi connectivity index (χ4v) is 9.28. The Morgan fingerprint density at radius 3 is 2.44 bits per heavy atom. The van der Waals surface area contributed by atoms with E-state index in [0.29, 0.717) is 18.7 Å². The van der Waals surface area contributed by atoms with E-state index in [4.69, 9.17) is 60.9 Å². The molecule has 3 heterocycles. The summed E-state index contributed by atoms with van der Waals surface area (Å²) in [7, 11) is -17.3. The number of carbonyl (C=O) groups is 3. The minimum Gasteiger partial charge on any atom is -0.456 e. The summed E-state index contributed by atoms with van der Waals surface area (Å²) in [4.78, 5) is 96.6. The van der Waals surface area contributed by atoms with Crippen molar-refractivity contribution in [3.8, 4) is 11.8 Å². The first-order valence-electron chi connectivity index (χ1n) is 19.9. The highest BCUT2D eigenvalue weighted by Crippen LogP contribution is 2.66. The number of phosphoric ester groups is 1. The van der Waals surface area contributed by atoms with Crippen LogP contribution in [0.25, 0.3) is 11.0 Å². The molecule has 27 nitrogen and oxygen atoms in total. The maximum Gasteiger partial charge on any atom is 0.490 e. The largest absolute Gasteiger partial charge is 0.490 e. The van der Waals surface area contributed by atoms with Crippen molar-refractivity contribution in [1.29, 1.82) is 0 Å². The van der Waals surface area contributed by atoms with Crippen LogP contribution in [0.2, 0.25) is 0 Å². The summed E-state index contributed by atoms with van der Waals surface area (Å²) >= 11 is 0. The molecule has 68 heavy (non-hydrogen) atoms. The van der Waals surface area contributed by atoms with Crippen LogP contribution < -0.4 is 33.8 Å². The molecule has 1 aromatic carbocycles. The van der Waals surface area contributed by atoms with Gasteiger partial charge in [-0.1, -0.05) is 42.7 Å². The van der Waals surface area contributed by atoms with Crippen molar-refractivity contribution in [3.63, 3.8) is 0 Å². The van der Waals surface area contributed by atoms with E-state index in [2.05, 4.69) is 42.3 Å². The number of nitrogen functional groups attached to an aromatic ring is 1. The second-order valence-electron chi connectivity index (χ2n) is 14.3. The maximum atomic E-state index is 13.6. The predicted molar refractivity (Wildman–Crippen MR) is 238 cm³/mol. The van der Waals surface area contributed by atoms with Crippen molar-refractivity contribution >= 4 is 58.3 Å². The van der Waals surface area contributed by atoms with Gasteiger partial charge in [-0.25, -0.2) is 23.3 Å². The lowest BCUT2D eigenvalue weighted by Gasteiger charge is -2.21. The van der Waals surface area contributed by atoms with Crippen LogP contribution in [0.15, 0.2) is 71.3 Å². The molecule has 0 aliphatic carbocycles. The third kappa shape index (κ3) is 16.5. The minimum atomic E-state index is -5.91. The Balaban J connectivity index is 1.60. The number of anilines is 1. The summed E-state index contributed by atoms with van der Waals surface area (Å²) in [5, 5.41) is 2.33. The molecule has 0 radical (unpaired) electrons. The first kappa shape index (κ1) is 55.4. The average Bonchev–Trinajstić information content (AvgIpc) is 3.81. The fourth-order valence-electron chi connectivity index (χ4n) is 6.25. The van der Waals surface area contributed by atoms with Crippen LogP contribution in [0.5, 0.6) is 0 Å². The van der Waals surface area contributed by atoms with Crippen molar-refractivity contribution in [3.05, 3.63) is 93.6 Å². The fraction of sp³-hybridized carbons (Fsp3) is 0.395. The zero-order chi connectivity index (χ0) is 50.4. The number of ether oxygens (including phenoxy) is 5. The highest BCUT2D eigenvalue weighted by Gasteiger charge is 2.45. The molecule has 1 aliphatic rings. The summed E-state index contributed by atoms with van der Waals surface area (Å²) in [5.41, 5.74) is 23.1. The third-order valence-electron chi connectivity index (χ3n) is 9.04. The number of fused-ring (bicyclic) bond motifs is 1. The Kier molecular flexibility index (Phi) is 20.3. The number of nitrogens with one attached hydrogen (secondary N) is 2. The molecule has 1 fully saturated rings. The predicted octanol–water partition coefficient (Wildman–Crippen LogP) is 0.529. The van der Waals surface area contributed by atoms with Crippen LogP contribution in [-0.2, 0) is 60.1 Å². The number of carbonyl (C=O) groups excluding carboxylic acids is 3. The lowest BCUT2D eigenvalue weighted by atomic mass is 10.0. The van der Waals surface area contributed by atoms with Crippen molar-refractivity contribution < 1.29 is 84.5 Å². The number of hydrogen-bond donors (Lipinski definition) is 10. The van der Waals surface area contributed by atoms with E-state index in [1.807, 2.05) is 0 Å². The van der Waals surface area contributed by atoms with Gasteiger partial charge in [-0.2, -0.15) is 13.6 Å². The molecule has 1 saturated heterocycles. The Morgan fingerprint density at radius 2 is 1.78 bits per heavy atom. The standard InChI is InChI=1S/C38H51N8O19P3/c1-4-25(22(2)40)28(11-13-43-31(47)21-59-17-16-58-15-12-39)36(49)60-14-7-8-24-19-46(34-33(24)35(48)45-38(42)44-34)32-18-29(63-37(50)27-10-6-5-9-26(27)23(3)41)30(62-32)20-61-67(54,55)65-68(56,57)64-66(51,52)53/h4-6,9-11,13,19,22-23,29-30,32H,1,12,14-18,20-21,39-41H2,2-3H3,(H,43,47)(H,54,55)(H,56,57)(H2,51,52,53)(H3,42,44,45,48)/b13-11-,28-25-/t22?,23?,29-,30?,32-/m1/s1. The molecular weight excluding hydrogens is 965 g/mol. The van der Waals surface area contributed by atoms with E-state index in [-0.39, 0.29) is 65.5 Å². The molecular formula is C38H51N8O19P3. The monoisotopic (exact) mass is 1020 g/mol. The smallest absolute Gasteiger partial charge is 0.456 e. The van der Waals surface area contributed by atoms with Gasteiger partial charge in [0.1, 0.15) is 25.0 Å². The number of rotatable bonds is 24. The molecule has 14 N–H and O–H groups in total. The highest BCUT2D eigenvalue weighted by atomic mass is 31.3. The zero-order valence-electron chi connectivity index (χ0n) is 36.3. The first-order chi connectivity index (χ1) is 32.0. The summed E-state index contributed by atoms with van der Waals surface area (Å²) in [5.74, 6) is 2.65. The van der Waals surface area contributed by atoms with Gasteiger partial charge in [-0.15, -0.1) is 0 Å². The van der Waals surface area contributed by atoms with E-state index in [9.17, 15) is 42.7 Å². The number of nitrogens with zero attached hydrogens (tertiary/aromatic N) is 2. The van der Waals surface area contributed by atoms with Crippen molar-refractivity contribution in [2.24, 2.45) is 17.2 Å². The van der Waals surface area contributed by atoms with Crippen molar-refractivity contribution in [2.75, 3.05) is 51.9 Å². The summed E-state index contributed by atoms with van der Waals surface area (Å²) in [6.45, 7) is 6.07. The second-order valence-corrected chi connectivity index (χ2v) is 18.7. The molecule has 0 bridgehead atoms. The molecule has 0 spiro atoms. The molecule has 1 aliphatic heterocycles. The Labute approximate surface area is 387 Å². The van der Waals surface area contributed by atoms with Crippen molar-refractivity contribution in [1.82, 2.24) is 19.9 Å². The lowest BCUT2D eigenvalue weighted by Crippen LogP contribution is -2.31. The van der Waals surface area contributed by atoms with E-state index in [1.54, 1.807) is 32.0 Å². The molecule has 1 amide bonds. The van der Waals surface area contributed by atoms with Gasteiger partial charge in [0, 0.05) is 37.4 Å². The number of H-pyrrole nitrogens is 1. The molecule has 0 saturated carbocycles. The summed E-state index contributed by atoms with van der Waals surface area (Å²) in [6, 6.07) is 4.87. The van der Waals surface area contributed by atoms with Crippen LogP contribution >= 0.6 is 23.5 Å². The van der Waals surface area contributed by atoms with Gasteiger partial charge in [0.2, 0.25) is 11.9 Å². The summed E-state index contributed by atoms with van der Waals surface area (Å²) in [6.07, 6.45) is 0.660. The van der Waals surface area contributed by atoms with Crippen LogP contribution in [0.4, 0.5) is 5.95 Å². The highest BCUT2D eigenvalue weighted by molar-refractivity contribution is 7.66. The number of esters is 2. The van der Waals surface area contributed by atoms with Gasteiger partial charge in [0.25, 0.3) is 5.56 Å². The Morgan fingerprint density at radius 1 is 1.07 bits per heavy atom. The molecule has 30 heteroatoms. The van der Waals surface area contributed by atoms with E-state index < -0.39 is 90.6 Å². The number of amides is 1. The Hall–Kier alpha value is -5.20. The van der Waals surface area contributed by atoms with Gasteiger partial charge < -0.3 is 76.1 Å². The van der Waals surface area contributed by atoms with Crippen LogP contribution in [0.1, 0.15) is 54.0 Å². The van der Waals surface area contributed by atoms with Gasteiger partial charge in [0.05, 0.1) is 48.5 Å². The molecule has 4 rings (SSSR count). The average molecular weight is 1020 g/mol. The van der Waals surface area contributed by atoms with Gasteiger partial charge in [-0.05, 0) is 37.1 Å². The number of aromatic amines is 1. The topological polar surface area (TPSA) is 424 Å². The zero-order valence-corrected chi connectivity index (χ0v) is 39.0. The van der Waals surface area contributed by atoms with Crippen LogP contribution in [0.3, 0.4) is 0 Å². The number of hydrogen-bond acceptors (Lipinski definition) is 20. The van der Waals surface area contributed by atoms with Crippen molar-refractivity contribution in [2.45, 2.75) is 50.8 Å². The summed E-state index contributed by atoms with van der Waals surface area (Å²) < 4.78 is 77.1. The minimum absolute atomic E-state index is 0.00147. The molecule has 5 unspecified atom stereocenters. The van der Waals surface area contributed by atoms with Gasteiger partial charge in [0.15, 0.2) is 12.3 Å².